The van der Waals surface area contributed by atoms with Gasteiger partial charge >= 0.3 is 0 Å². The van der Waals surface area contributed by atoms with Crippen molar-refractivity contribution in [2.45, 2.75) is 32.1 Å². The van der Waals surface area contributed by atoms with Crippen molar-refractivity contribution in [1.82, 2.24) is 4.72 Å². The number of benzene rings is 1. The van der Waals surface area contributed by atoms with Crippen LogP contribution in [0.1, 0.15) is 27.2 Å². The molecule has 0 saturated heterocycles. The van der Waals surface area contributed by atoms with Gasteiger partial charge in [0.05, 0.1) is 4.92 Å². The van der Waals surface area contributed by atoms with E-state index in [1.165, 1.54) is 18.2 Å². The minimum Gasteiger partial charge on any atom is -0.258 e. The first kappa shape index (κ1) is 17.1. The lowest BCUT2D eigenvalue weighted by Crippen LogP contribution is -2.28. The highest BCUT2D eigenvalue weighted by Gasteiger charge is 2.26. The Hall–Kier alpha value is -0.990. The molecule has 0 saturated carbocycles. The Morgan fingerprint density at radius 3 is 2.45 bits per heavy atom. The fourth-order valence-corrected chi connectivity index (χ4v) is 3.23. The van der Waals surface area contributed by atoms with Gasteiger partial charge in [-0.2, -0.15) is 0 Å². The van der Waals surface area contributed by atoms with Crippen LogP contribution in [-0.4, -0.2) is 19.9 Å². The van der Waals surface area contributed by atoms with E-state index in [0.29, 0.717) is 10.9 Å². The number of hydrogen-bond acceptors (Lipinski definition) is 4. The quantitative estimate of drug-likeness (QED) is 0.641. The van der Waals surface area contributed by atoms with E-state index in [-0.39, 0.29) is 16.9 Å². The number of rotatable bonds is 5. The van der Waals surface area contributed by atoms with Crippen LogP contribution in [0.4, 0.5) is 5.69 Å². The van der Waals surface area contributed by atoms with E-state index in [4.69, 9.17) is 0 Å². The largest absolute Gasteiger partial charge is 0.289 e. The molecule has 8 heteroatoms. The topological polar surface area (TPSA) is 89.3 Å². The molecule has 0 fully saturated rings. The van der Waals surface area contributed by atoms with E-state index >= 15 is 0 Å². The lowest BCUT2D eigenvalue weighted by molar-refractivity contribution is -0.387. The van der Waals surface area contributed by atoms with Gasteiger partial charge in [-0.3, -0.25) is 10.1 Å². The Morgan fingerprint density at radius 2 is 1.95 bits per heavy atom. The maximum atomic E-state index is 12.2. The maximum Gasteiger partial charge on any atom is 0.289 e. The lowest BCUT2D eigenvalue weighted by Gasteiger charge is -2.18. The summed E-state index contributed by atoms with van der Waals surface area (Å²) in [6.07, 6.45) is 0.633. The summed E-state index contributed by atoms with van der Waals surface area (Å²) in [5.74, 6) is 0. The summed E-state index contributed by atoms with van der Waals surface area (Å²) in [4.78, 5) is 9.88. The molecule has 0 aliphatic heterocycles. The Bertz CT molecular complexity index is 608. The predicted octanol–water partition coefficient (Wildman–Crippen LogP) is 3.07. The van der Waals surface area contributed by atoms with Crippen molar-refractivity contribution in [2.24, 2.45) is 5.41 Å². The Labute approximate surface area is 126 Å². The van der Waals surface area contributed by atoms with Crippen LogP contribution in [0.5, 0.6) is 0 Å². The molecular formula is C12H17BrN2O4S. The molecule has 6 nitrogen and oxygen atoms in total. The number of nitro groups is 1. The van der Waals surface area contributed by atoms with Crippen molar-refractivity contribution in [3.8, 4) is 0 Å². The first-order valence-electron chi connectivity index (χ1n) is 5.96. The highest BCUT2D eigenvalue weighted by Crippen LogP contribution is 2.27. The second-order valence-electron chi connectivity index (χ2n) is 5.58. The summed E-state index contributed by atoms with van der Waals surface area (Å²) in [5, 5.41) is 10.9. The van der Waals surface area contributed by atoms with Crippen LogP contribution in [0.25, 0.3) is 0 Å². The SMILES string of the molecule is CC(C)(C)CCNS(=O)(=O)c1cc(Br)ccc1[N+](=O)[O-]. The summed E-state index contributed by atoms with van der Waals surface area (Å²) in [6.45, 7) is 6.20. The second kappa shape index (κ2) is 6.19. The van der Waals surface area contributed by atoms with Crippen molar-refractivity contribution in [3.63, 3.8) is 0 Å². The maximum absolute atomic E-state index is 12.2. The van der Waals surface area contributed by atoms with E-state index in [9.17, 15) is 18.5 Å². The zero-order chi connectivity index (χ0) is 15.6. The number of hydrogen-bond donors (Lipinski definition) is 1. The van der Waals surface area contributed by atoms with Gasteiger partial charge in [-0.1, -0.05) is 36.7 Å². The first-order valence-corrected chi connectivity index (χ1v) is 8.24. The highest BCUT2D eigenvalue weighted by atomic mass is 79.9. The molecule has 0 amide bonds. The molecule has 0 spiro atoms. The molecule has 112 valence electrons. The van der Waals surface area contributed by atoms with Crippen LogP contribution in [-0.2, 0) is 10.0 Å². The van der Waals surface area contributed by atoms with Gasteiger partial charge in [0.25, 0.3) is 5.69 Å². The average Bonchev–Trinajstić information content (AvgIpc) is 2.26. The predicted molar refractivity (Wildman–Crippen MR) is 80.1 cm³/mol. The number of nitro benzene ring substituents is 1. The number of sulfonamides is 1. The Morgan fingerprint density at radius 1 is 1.35 bits per heavy atom. The van der Waals surface area contributed by atoms with E-state index in [0.717, 1.165) is 0 Å². The van der Waals surface area contributed by atoms with Gasteiger partial charge in [-0.15, -0.1) is 0 Å². The van der Waals surface area contributed by atoms with Crippen LogP contribution in [0.2, 0.25) is 0 Å². The van der Waals surface area contributed by atoms with E-state index < -0.39 is 20.6 Å². The minimum atomic E-state index is -3.90. The van der Waals surface area contributed by atoms with Crippen molar-refractivity contribution < 1.29 is 13.3 Å². The fourth-order valence-electron chi connectivity index (χ4n) is 1.49. The van der Waals surface area contributed by atoms with Crippen LogP contribution in [0.3, 0.4) is 0 Å². The zero-order valence-corrected chi connectivity index (χ0v) is 13.9. The second-order valence-corrected chi connectivity index (χ2v) is 8.23. The molecule has 0 radical (unpaired) electrons. The van der Waals surface area contributed by atoms with Gasteiger partial charge in [0.1, 0.15) is 0 Å². The number of nitrogens with one attached hydrogen (secondary N) is 1. The smallest absolute Gasteiger partial charge is 0.258 e. The van der Waals surface area contributed by atoms with Crippen LogP contribution in [0.15, 0.2) is 27.6 Å². The van der Waals surface area contributed by atoms with Gasteiger partial charge in [-0.05, 0) is 24.0 Å². The monoisotopic (exact) mass is 364 g/mol. The lowest BCUT2D eigenvalue weighted by atomic mass is 9.93. The fraction of sp³-hybridized carbons (Fsp3) is 0.500. The molecule has 0 atom stereocenters. The van der Waals surface area contributed by atoms with Crippen LogP contribution in [0, 0.1) is 15.5 Å². The van der Waals surface area contributed by atoms with Crippen LogP contribution >= 0.6 is 15.9 Å². The third-order valence-electron chi connectivity index (χ3n) is 2.58. The third kappa shape index (κ3) is 4.84. The molecular weight excluding hydrogens is 348 g/mol. The average molecular weight is 365 g/mol. The van der Waals surface area contributed by atoms with E-state index in [2.05, 4.69) is 20.7 Å². The van der Waals surface area contributed by atoms with Crippen LogP contribution < -0.4 is 4.72 Å². The zero-order valence-electron chi connectivity index (χ0n) is 11.5. The van der Waals surface area contributed by atoms with Gasteiger partial charge in [-0.25, -0.2) is 13.1 Å². The molecule has 1 rings (SSSR count). The minimum absolute atomic E-state index is 0.0221. The summed E-state index contributed by atoms with van der Waals surface area (Å²) < 4.78 is 27.2. The van der Waals surface area contributed by atoms with E-state index in [1.807, 2.05) is 20.8 Å². The third-order valence-corrected chi connectivity index (χ3v) is 4.56. The molecule has 1 N–H and O–H groups in total. The van der Waals surface area contributed by atoms with Gasteiger partial charge in [0.15, 0.2) is 4.90 Å². The Kier molecular flexibility index (Phi) is 5.28. The van der Waals surface area contributed by atoms with Gasteiger partial charge < -0.3 is 0 Å². The molecule has 20 heavy (non-hydrogen) atoms. The van der Waals surface area contributed by atoms with Crippen molar-refractivity contribution in [1.29, 1.82) is 0 Å². The molecule has 0 heterocycles. The molecule has 0 aromatic heterocycles. The van der Waals surface area contributed by atoms with Crippen molar-refractivity contribution >= 4 is 31.6 Å². The van der Waals surface area contributed by atoms with Gasteiger partial charge in [0.2, 0.25) is 10.0 Å². The number of nitrogens with zero attached hydrogens (tertiary/aromatic N) is 1. The molecule has 0 aliphatic carbocycles. The molecule has 1 aromatic carbocycles. The molecule has 0 aliphatic rings. The first-order chi connectivity index (χ1) is 9.03. The van der Waals surface area contributed by atoms with Gasteiger partial charge in [0, 0.05) is 17.1 Å². The summed E-state index contributed by atoms with van der Waals surface area (Å²) >= 11 is 3.12. The summed E-state index contributed by atoms with van der Waals surface area (Å²) in [5.41, 5.74) is -0.456. The van der Waals surface area contributed by atoms with Crippen molar-refractivity contribution in [2.75, 3.05) is 6.54 Å². The molecule has 1 aromatic rings. The standard InChI is InChI=1S/C12H17BrN2O4S/c1-12(2,3)6-7-14-20(18,19)11-8-9(13)4-5-10(11)15(16)17/h4-5,8,14H,6-7H2,1-3H3. The molecule has 0 unspecified atom stereocenters. The summed E-state index contributed by atoms with van der Waals surface area (Å²) in [6, 6.07) is 3.84. The number of halogens is 1. The summed E-state index contributed by atoms with van der Waals surface area (Å²) in [7, 11) is -3.90. The van der Waals surface area contributed by atoms with E-state index in [1.54, 1.807) is 0 Å². The Balaban J connectivity index is 3.03. The highest BCUT2D eigenvalue weighted by molar-refractivity contribution is 9.10. The molecule has 0 bridgehead atoms. The normalized spacial score (nSPS) is 12.4. The van der Waals surface area contributed by atoms with Crippen molar-refractivity contribution in [3.05, 3.63) is 32.8 Å².